The molecule has 0 fully saturated rings. The number of ether oxygens (including phenoxy) is 2. The van der Waals surface area contributed by atoms with Gasteiger partial charge in [-0.2, -0.15) is 10.4 Å². The van der Waals surface area contributed by atoms with Crippen LogP contribution in [0.25, 0.3) is 0 Å². The highest BCUT2D eigenvalue weighted by Crippen LogP contribution is 2.26. The lowest BCUT2D eigenvalue weighted by Gasteiger charge is -2.20. The van der Waals surface area contributed by atoms with Gasteiger partial charge in [0.15, 0.2) is 0 Å². The summed E-state index contributed by atoms with van der Waals surface area (Å²) in [6.07, 6.45) is 1.01. The first-order valence-corrected chi connectivity index (χ1v) is 12.4. The summed E-state index contributed by atoms with van der Waals surface area (Å²) in [5.41, 5.74) is 3.17. The third kappa shape index (κ3) is 6.00. The number of methoxy groups -OCH3 is 1. The smallest absolute Gasteiger partial charge is 0.311 e. The van der Waals surface area contributed by atoms with Gasteiger partial charge in [0.1, 0.15) is 11.5 Å². The zero-order valence-electron chi connectivity index (χ0n) is 20.2. The molecule has 0 saturated heterocycles. The largest absolute Gasteiger partial charge is 0.497 e. The Bertz CT molecular complexity index is 1320. The maximum Gasteiger partial charge on any atom is 0.311 e. The van der Waals surface area contributed by atoms with Crippen molar-refractivity contribution in [2.45, 2.75) is 44.6 Å². The molecule has 0 radical (unpaired) electrons. The van der Waals surface area contributed by atoms with E-state index in [9.17, 15) is 13.2 Å². The van der Waals surface area contributed by atoms with E-state index in [0.29, 0.717) is 36.6 Å². The number of nitrogens with zero attached hydrogens (tertiary/aromatic N) is 4. The minimum atomic E-state index is -3.76. The Balaban J connectivity index is 1.61. The van der Waals surface area contributed by atoms with E-state index in [1.807, 2.05) is 13.8 Å². The molecule has 0 amide bonds. The molecule has 3 aromatic rings. The molecule has 0 spiro atoms. The third-order valence-electron chi connectivity index (χ3n) is 5.70. The van der Waals surface area contributed by atoms with Gasteiger partial charge in [-0.3, -0.25) is 13.8 Å². The van der Waals surface area contributed by atoms with E-state index in [0.717, 1.165) is 21.3 Å². The van der Waals surface area contributed by atoms with Gasteiger partial charge in [0.2, 0.25) is 0 Å². The highest BCUT2D eigenvalue weighted by Gasteiger charge is 2.21. The van der Waals surface area contributed by atoms with Gasteiger partial charge in [-0.15, -0.1) is 0 Å². The van der Waals surface area contributed by atoms with Crippen molar-refractivity contribution in [3.8, 4) is 17.6 Å². The first-order valence-electron chi connectivity index (χ1n) is 11.0. The standard InChI is InChI=1S/C25H28N4O5S/c1-18-24(19(2)29(27-18)17-5-16-26)14-15-25(30)34-22-8-6-20(7-9-22)28(3)35(31,32)23-12-10-21(33-4)11-13-23/h6-13H,5,14-15,17H2,1-4H3. The van der Waals surface area contributed by atoms with Crippen LogP contribution in [0.1, 0.15) is 29.8 Å². The molecule has 0 unspecified atom stereocenters. The topological polar surface area (TPSA) is 115 Å². The van der Waals surface area contributed by atoms with Gasteiger partial charge < -0.3 is 9.47 Å². The second-order valence-corrected chi connectivity index (χ2v) is 9.87. The highest BCUT2D eigenvalue weighted by atomic mass is 32.2. The fourth-order valence-electron chi connectivity index (χ4n) is 3.65. The fraction of sp³-hybridized carbons (Fsp3) is 0.320. The van der Waals surface area contributed by atoms with Gasteiger partial charge in [0.25, 0.3) is 10.0 Å². The number of benzene rings is 2. The summed E-state index contributed by atoms with van der Waals surface area (Å²) in [5, 5.41) is 13.2. The number of rotatable bonds is 10. The van der Waals surface area contributed by atoms with E-state index in [1.165, 1.54) is 26.3 Å². The summed E-state index contributed by atoms with van der Waals surface area (Å²) in [4.78, 5) is 12.5. The molecule has 184 valence electrons. The molecular weight excluding hydrogens is 468 g/mol. The minimum Gasteiger partial charge on any atom is -0.497 e. The molecule has 9 nitrogen and oxygen atoms in total. The van der Waals surface area contributed by atoms with E-state index in [1.54, 1.807) is 41.1 Å². The predicted molar refractivity (Wildman–Crippen MR) is 131 cm³/mol. The minimum absolute atomic E-state index is 0.137. The van der Waals surface area contributed by atoms with Crippen molar-refractivity contribution in [3.05, 3.63) is 65.5 Å². The lowest BCUT2D eigenvalue weighted by Crippen LogP contribution is -2.26. The van der Waals surface area contributed by atoms with Gasteiger partial charge in [-0.25, -0.2) is 8.42 Å². The molecule has 35 heavy (non-hydrogen) atoms. The summed E-state index contributed by atoms with van der Waals surface area (Å²) in [5.74, 6) is 0.489. The molecule has 0 aliphatic carbocycles. The molecule has 0 saturated carbocycles. The van der Waals surface area contributed by atoms with E-state index in [2.05, 4.69) is 11.2 Å². The molecule has 3 rings (SSSR count). The Morgan fingerprint density at radius 1 is 1.09 bits per heavy atom. The molecule has 0 bridgehead atoms. The molecule has 0 aliphatic heterocycles. The number of anilines is 1. The highest BCUT2D eigenvalue weighted by molar-refractivity contribution is 7.92. The molecule has 0 N–H and O–H groups in total. The van der Waals surface area contributed by atoms with Gasteiger partial charge >= 0.3 is 5.97 Å². The molecule has 0 aliphatic rings. The number of sulfonamides is 1. The normalized spacial score (nSPS) is 11.1. The van der Waals surface area contributed by atoms with Crippen LogP contribution in [-0.2, 0) is 27.8 Å². The number of hydrogen-bond donors (Lipinski definition) is 0. The van der Waals surface area contributed by atoms with Gasteiger partial charge in [-0.05, 0) is 74.4 Å². The number of carbonyl (C=O) groups is 1. The number of nitriles is 1. The molecular formula is C25H28N4O5S. The van der Waals surface area contributed by atoms with Gasteiger partial charge in [0.05, 0.1) is 48.8 Å². The lowest BCUT2D eigenvalue weighted by atomic mass is 10.1. The Kier molecular flexibility index (Phi) is 8.14. The van der Waals surface area contributed by atoms with Crippen LogP contribution in [0.2, 0.25) is 0 Å². The van der Waals surface area contributed by atoms with Crippen molar-refractivity contribution in [2.24, 2.45) is 0 Å². The van der Waals surface area contributed by atoms with E-state index >= 15 is 0 Å². The number of hydrogen-bond acceptors (Lipinski definition) is 7. The average Bonchev–Trinajstić information content (AvgIpc) is 3.13. The van der Waals surface area contributed by atoms with Crippen LogP contribution in [0.3, 0.4) is 0 Å². The molecule has 10 heteroatoms. The van der Waals surface area contributed by atoms with Gasteiger partial charge in [-0.1, -0.05) is 0 Å². The van der Waals surface area contributed by atoms with E-state index in [-0.39, 0.29) is 11.3 Å². The Morgan fingerprint density at radius 2 is 1.71 bits per heavy atom. The van der Waals surface area contributed by atoms with Crippen molar-refractivity contribution >= 4 is 21.7 Å². The van der Waals surface area contributed by atoms with E-state index in [4.69, 9.17) is 14.7 Å². The maximum absolute atomic E-state index is 12.9. The molecule has 2 aromatic carbocycles. The van der Waals surface area contributed by atoms with Crippen molar-refractivity contribution in [1.82, 2.24) is 9.78 Å². The second kappa shape index (κ2) is 11.1. The van der Waals surface area contributed by atoms with Crippen LogP contribution in [0.5, 0.6) is 11.5 Å². The van der Waals surface area contributed by atoms with Gasteiger partial charge in [0, 0.05) is 12.7 Å². The Morgan fingerprint density at radius 3 is 2.31 bits per heavy atom. The van der Waals surface area contributed by atoms with Crippen molar-refractivity contribution in [2.75, 3.05) is 18.5 Å². The number of esters is 1. The quantitative estimate of drug-likeness (QED) is 0.310. The summed E-state index contributed by atoms with van der Waals surface area (Å²) >= 11 is 0. The summed E-state index contributed by atoms with van der Waals surface area (Å²) in [6.45, 7) is 4.32. The van der Waals surface area contributed by atoms with Crippen LogP contribution in [-0.4, -0.2) is 38.3 Å². The second-order valence-electron chi connectivity index (χ2n) is 7.90. The number of aromatic nitrogens is 2. The SMILES string of the molecule is COc1ccc(S(=O)(=O)N(C)c2ccc(OC(=O)CCc3c(C)nn(CCC#N)c3C)cc2)cc1. The molecule has 1 aromatic heterocycles. The van der Waals surface area contributed by atoms with Crippen LogP contribution < -0.4 is 13.8 Å². The Hall–Kier alpha value is -3.84. The maximum atomic E-state index is 12.9. The van der Waals surface area contributed by atoms with Crippen molar-refractivity contribution in [3.63, 3.8) is 0 Å². The van der Waals surface area contributed by atoms with Crippen LogP contribution in [0, 0.1) is 25.2 Å². The van der Waals surface area contributed by atoms with Crippen molar-refractivity contribution < 1.29 is 22.7 Å². The lowest BCUT2D eigenvalue weighted by molar-refractivity contribution is -0.134. The summed E-state index contributed by atoms with van der Waals surface area (Å²) in [6, 6.07) is 14.5. The third-order valence-corrected chi connectivity index (χ3v) is 7.50. The molecule has 1 heterocycles. The number of aryl methyl sites for hydroxylation is 2. The summed E-state index contributed by atoms with van der Waals surface area (Å²) < 4.78 is 39.3. The predicted octanol–water partition coefficient (Wildman–Crippen LogP) is 3.79. The summed E-state index contributed by atoms with van der Waals surface area (Å²) in [7, 11) is -0.787. The fourth-order valence-corrected chi connectivity index (χ4v) is 4.84. The van der Waals surface area contributed by atoms with Crippen molar-refractivity contribution in [1.29, 1.82) is 5.26 Å². The monoisotopic (exact) mass is 496 g/mol. The van der Waals surface area contributed by atoms with Crippen LogP contribution in [0.4, 0.5) is 5.69 Å². The van der Waals surface area contributed by atoms with Crippen LogP contribution >= 0.6 is 0 Å². The molecule has 0 atom stereocenters. The first-order chi connectivity index (χ1) is 16.7. The zero-order chi connectivity index (χ0) is 25.6. The van der Waals surface area contributed by atoms with E-state index < -0.39 is 16.0 Å². The number of carbonyl (C=O) groups excluding carboxylic acids is 1. The Labute approximate surface area is 205 Å². The zero-order valence-corrected chi connectivity index (χ0v) is 21.0. The van der Waals surface area contributed by atoms with Crippen LogP contribution in [0.15, 0.2) is 53.4 Å². The average molecular weight is 497 g/mol. The first kappa shape index (κ1) is 25.8.